The van der Waals surface area contributed by atoms with Gasteiger partial charge < -0.3 is 10.2 Å². The third-order valence-corrected chi connectivity index (χ3v) is 5.68. The molecule has 0 saturated heterocycles. The summed E-state index contributed by atoms with van der Waals surface area (Å²) in [6, 6.07) is 17.0. The average Bonchev–Trinajstić information content (AvgIpc) is 2.70. The largest absolute Gasteiger partial charge is 0.357 e. The molecule has 0 radical (unpaired) electrons. The van der Waals surface area contributed by atoms with Crippen molar-refractivity contribution in [2.45, 2.75) is 31.7 Å². The van der Waals surface area contributed by atoms with Crippen LogP contribution in [0.4, 0.5) is 0 Å². The molecule has 1 unspecified atom stereocenters. The molecule has 2 aromatic rings. The van der Waals surface area contributed by atoms with Crippen molar-refractivity contribution in [3.63, 3.8) is 0 Å². The number of likely N-dealkylation sites (N-methyl/N-ethyl adjacent to an activating group) is 1. The fourth-order valence-corrected chi connectivity index (χ4v) is 3.76. The van der Waals surface area contributed by atoms with Crippen LogP contribution >= 0.6 is 23.4 Å². The highest BCUT2D eigenvalue weighted by Crippen LogP contribution is 2.20. The Morgan fingerprint density at radius 3 is 2.44 bits per heavy atom. The van der Waals surface area contributed by atoms with Crippen molar-refractivity contribution in [2.75, 3.05) is 12.8 Å². The van der Waals surface area contributed by atoms with Crippen LogP contribution in [-0.2, 0) is 21.9 Å². The molecular formula is C21H25ClN2O2S. The van der Waals surface area contributed by atoms with Gasteiger partial charge in [-0.05, 0) is 24.1 Å². The second-order valence-corrected chi connectivity index (χ2v) is 7.70. The van der Waals surface area contributed by atoms with Crippen LogP contribution in [0, 0.1) is 0 Å². The summed E-state index contributed by atoms with van der Waals surface area (Å²) in [5.74, 6) is 1.33. The number of benzene rings is 2. The van der Waals surface area contributed by atoms with Gasteiger partial charge in [0.1, 0.15) is 6.04 Å². The third kappa shape index (κ3) is 6.60. The van der Waals surface area contributed by atoms with E-state index in [-0.39, 0.29) is 11.8 Å². The molecule has 1 N–H and O–H groups in total. The minimum absolute atomic E-state index is 0.0495. The van der Waals surface area contributed by atoms with Crippen LogP contribution in [0.25, 0.3) is 0 Å². The molecule has 0 fully saturated rings. The number of carbonyl (C=O) groups is 2. The quantitative estimate of drug-likeness (QED) is 0.639. The summed E-state index contributed by atoms with van der Waals surface area (Å²) in [6.07, 6.45) is 0.378. The smallest absolute Gasteiger partial charge is 0.242 e. The minimum atomic E-state index is -0.558. The van der Waals surface area contributed by atoms with E-state index < -0.39 is 6.04 Å². The van der Waals surface area contributed by atoms with E-state index in [1.54, 1.807) is 36.7 Å². The van der Waals surface area contributed by atoms with Crippen LogP contribution in [0.5, 0.6) is 0 Å². The topological polar surface area (TPSA) is 49.4 Å². The zero-order chi connectivity index (χ0) is 19.6. The molecule has 0 spiro atoms. The average molecular weight is 405 g/mol. The van der Waals surface area contributed by atoms with E-state index in [1.807, 2.05) is 36.4 Å². The summed E-state index contributed by atoms with van der Waals surface area (Å²) in [5.41, 5.74) is 2.07. The molecule has 4 nitrogen and oxygen atoms in total. The van der Waals surface area contributed by atoms with Gasteiger partial charge in [-0.15, -0.1) is 0 Å². The first-order valence-corrected chi connectivity index (χ1v) is 10.4. The Balaban J connectivity index is 1.98. The molecule has 144 valence electrons. The molecule has 0 aliphatic heterocycles. The summed E-state index contributed by atoms with van der Waals surface area (Å²) >= 11 is 7.96. The molecule has 0 aromatic heterocycles. The lowest BCUT2D eigenvalue weighted by Gasteiger charge is -2.28. The zero-order valence-corrected chi connectivity index (χ0v) is 17.2. The first-order chi connectivity index (χ1) is 13.0. The SMILES string of the molecule is CNC(=O)C(C)N(Cc1ccccc1Cl)C(=O)CCSCc1ccccc1. The van der Waals surface area contributed by atoms with E-state index in [1.165, 1.54) is 5.56 Å². The Morgan fingerprint density at radius 2 is 1.78 bits per heavy atom. The number of hydrogen-bond acceptors (Lipinski definition) is 3. The predicted octanol–water partition coefficient (Wildman–Crippen LogP) is 4.13. The first kappa shape index (κ1) is 21.3. The molecule has 0 aliphatic rings. The van der Waals surface area contributed by atoms with E-state index in [0.29, 0.717) is 23.7 Å². The van der Waals surface area contributed by atoms with Crippen molar-refractivity contribution < 1.29 is 9.59 Å². The van der Waals surface area contributed by atoms with E-state index >= 15 is 0 Å². The van der Waals surface area contributed by atoms with Crippen LogP contribution in [-0.4, -0.2) is 35.6 Å². The van der Waals surface area contributed by atoms with E-state index in [0.717, 1.165) is 11.3 Å². The second-order valence-electron chi connectivity index (χ2n) is 6.19. The van der Waals surface area contributed by atoms with Gasteiger partial charge in [0.2, 0.25) is 11.8 Å². The number of rotatable bonds is 9. The predicted molar refractivity (Wildman–Crippen MR) is 113 cm³/mol. The van der Waals surface area contributed by atoms with E-state index in [4.69, 9.17) is 11.6 Å². The number of carbonyl (C=O) groups excluding carboxylic acids is 2. The van der Waals surface area contributed by atoms with Crippen LogP contribution in [0.1, 0.15) is 24.5 Å². The normalized spacial score (nSPS) is 11.7. The van der Waals surface area contributed by atoms with Crippen molar-refractivity contribution in [3.05, 3.63) is 70.7 Å². The van der Waals surface area contributed by atoms with Gasteiger partial charge in [-0.1, -0.05) is 60.1 Å². The molecule has 1 atom stereocenters. The number of nitrogens with zero attached hydrogens (tertiary/aromatic N) is 1. The van der Waals surface area contributed by atoms with Crippen molar-refractivity contribution >= 4 is 35.2 Å². The maximum atomic E-state index is 12.8. The molecule has 2 amide bonds. The van der Waals surface area contributed by atoms with Crippen molar-refractivity contribution in [2.24, 2.45) is 0 Å². The monoisotopic (exact) mass is 404 g/mol. The zero-order valence-electron chi connectivity index (χ0n) is 15.7. The Kier molecular flexibility index (Phi) is 8.69. The van der Waals surface area contributed by atoms with Gasteiger partial charge in [0, 0.05) is 36.5 Å². The van der Waals surface area contributed by atoms with Crippen LogP contribution in [0.3, 0.4) is 0 Å². The summed E-state index contributed by atoms with van der Waals surface area (Å²) in [5, 5.41) is 3.21. The van der Waals surface area contributed by atoms with Crippen molar-refractivity contribution in [1.29, 1.82) is 0 Å². The van der Waals surface area contributed by atoms with Gasteiger partial charge in [-0.3, -0.25) is 9.59 Å². The van der Waals surface area contributed by atoms with E-state index in [9.17, 15) is 9.59 Å². The van der Waals surface area contributed by atoms with Gasteiger partial charge in [0.15, 0.2) is 0 Å². The van der Waals surface area contributed by atoms with Gasteiger partial charge in [0.05, 0.1) is 0 Å². The maximum absolute atomic E-state index is 12.8. The second kappa shape index (κ2) is 11.0. The summed E-state index contributed by atoms with van der Waals surface area (Å²) in [7, 11) is 1.58. The lowest BCUT2D eigenvalue weighted by atomic mass is 10.1. The van der Waals surface area contributed by atoms with Gasteiger partial charge in [0.25, 0.3) is 0 Å². The van der Waals surface area contributed by atoms with Crippen LogP contribution in [0.15, 0.2) is 54.6 Å². The molecule has 6 heteroatoms. The first-order valence-electron chi connectivity index (χ1n) is 8.89. The summed E-state index contributed by atoms with van der Waals surface area (Å²) in [4.78, 5) is 26.5. The van der Waals surface area contributed by atoms with Gasteiger partial charge in [-0.2, -0.15) is 11.8 Å². The highest BCUT2D eigenvalue weighted by molar-refractivity contribution is 7.98. The highest BCUT2D eigenvalue weighted by Gasteiger charge is 2.25. The third-order valence-electron chi connectivity index (χ3n) is 4.28. The summed E-state index contributed by atoms with van der Waals surface area (Å²) in [6.45, 7) is 2.06. The molecule has 2 aromatic carbocycles. The van der Waals surface area contributed by atoms with E-state index in [2.05, 4.69) is 17.4 Å². The highest BCUT2D eigenvalue weighted by atomic mass is 35.5. The maximum Gasteiger partial charge on any atom is 0.242 e. The molecule has 0 aliphatic carbocycles. The number of nitrogens with one attached hydrogen (secondary N) is 1. The lowest BCUT2D eigenvalue weighted by molar-refractivity contribution is -0.140. The molecular weight excluding hydrogens is 380 g/mol. The molecule has 0 bridgehead atoms. The standard InChI is InChI=1S/C21H25ClN2O2S/c1-16(21(26)23-2)24(14-18-10-6-7-11-19(18)22)20(25)12-13-27-15-17-8-4-3-5-9-17/h3-11,16H,12-15H2,1-2H3,(H,23,26). The van der Waals surface area contributed by atoms with Gasteiger partial charge >= 0.3 is 0 Å². The molecule has 0 heterocycles. The van der Waals surface area contributed by atoms with Gasteiger partial charge in [-0.25, -0.2) is 0 Å². The van der Waals surface area contributed by atoms with Crippen molar-refractivity contribution in [1.82, 2.24) is 10.2 Å². The van der Waals surface area contributed by atoms with Crippen molar-refractivity contribution in [3.8, 4) is 0 Å². The fraction of sp³-hybridized carbons (Fsp3) is 0.333. The number of halogens is 1. The lowest BCUT2D eigenvalue weighted by Crippen LogP contribution is -2.46. The fourth-order valence-electron chi connectivity index (χ4n) is 2.67. The summed E-state index contributed by atoms with van der Waals surface area (Å²) < 4.78 is 0. The molecule has 0 saturated carbocycles. The Labute approximate surface area is 170 Å². The molecule has 27 heavy (non-hydrogen) atoms. The Hall–Kier alpha value is -1.98. The minimum Gasteiger partial charge on any atom is -0.357 e. The molecule has 2 rings (SSSR count). The number of amides is 2. The number of thioether (sulfide) groups is 1. The van der Waals surface area contributed by atoms with Crippen LogP contribution < -0.4 is 5.32 Å². The van der Waals surface area contributed by atoms with Crippen LogP contribution in [0.2, 0.25) is 5.02 Å². The Morgan fingerprint density at radius 1 is 1.11 bits per heavy atom. The number of hydrogen-bond donors (Lipinski definition) is 1. The Bertz CT molecular complexity index is 755.